The highest BCUT2D eigenvalue weighted by atomic mass is 32.2. The van der Waals surface area contributed by atoms with E-state index in [0.29, 0.717) is 11.3 Å². The summed E-state index contributed by atoms with van der Waals surface area (Å²) in [4.78, 5) is 11.2. The normalized spacial score (nSPS) is 11.1. The van der Waals surface area contributed by atoms with Gasteiger partial charge in [-0.2, -0.15) is 5.10 Å². The maximum absolute atomic E-state index is 12.5. The third-order valence-electron chi connectivity index (χ3n) is 3.45. The van der Waals surface area contributed by atoms with E-state index >= 15 is 0 Å². The molecule has 25 heavy (non-hydrogen) atoms. The van der Waals surface area contributed by atoms with E-state index in [2.05, 4.69) is 20.2 Å². The van der Waals surface area contributed by atoms with Crippen molar-refractivity contribution in [2.24, 2.45) is 0 Å². The number of nitrogens with zero attached hydrogens (tertiary/aromatic N) is 1. The minimum Gasteiger partial charge on any atom is -0.326 e. The zero-order valence-corrected chi connectivity index (χ0v) is 14.2. The van der Waals surface area contributed by atoms with Gasteiger partial charge in [-0.1, -0.05) is 30.3 Å². The van der Waals surface area contributed by atoms with E-state index in [1.807, 2.05) is 0 Å². The van der Waals surface area contributed by atoms with Crippen LogP contribution in [-0.4, -0.2) is 24.5 Å². The van der Waals surface area contributed by atoms with E-state index < -0.39 is 10.0 Å². The second-order valence-corrected chi connectivity index (χ2v) is 7.02. The van der Waals surface area contributed by atoms with Crippen LogP contribution in [0.25, 0.3) is 11.1 Å². The van der Waals surface area contributed by atoms with Gasteiger partial charge in [-0.05, 0) is 29.8 Å². The lowest BCUT2D eigenvalue weighted by molar-refractivity contribution is -0.114. The van der Waals surface area contributed by atoms with Crippen molar-refractivity contribution in [2.75, 3.05) is 10.0 Å². The van der Waals surface area contributed by atoms with Crippen molar-refractivity contribution in [3.63, 3.8) is 0 Å². The van der Waals surface area contributed by atoms with Gasteiger partial charge in [-0.3, -0.25) is 14.6 Å². The van der Waals surface area contributed by atoms with Crippen LogP contribution in [0.2, 0.25) is 0 Å². The lowest BCUT2D eigenvalue weighted by Gasteiger charge is -2.09. The summed E-state index contributed by atoms with van der Waals surface area (Å²) in [5, 5.41) is 9.27. The molecule has 8 heteroatoms. The van der Waals surface area contributed by atoms with E-state index in [4.69, 9.17) is 0 Å². The molecule has 0 aliphatic carbocycles. The predicted octanol–water partition coefficient (Wildman–Crippen LogP) is 2.84. The Morgan fingerprint density at radius 2 is 1.72 bits per heavy atom. The van der Waals surface area contributed by atoms with Gasteiger partial charge in [0.2, 0.25) is 5.91 Å². The largest absolute Gasteiger partial charge is 0.326 e. The molecule has 0 aliphatic heterocycles. The number of aromatic nitrogens is 2. The Labute approximate surface area is 145 Å². The third kappa shape index (κ3) is 3.86. The van der Waals surface area contributed by atoms with E-state index in [0.717, 1.165) is 5.56 Å². The first kappa shape index (κ1) is 16.7. The smallest absolute Gasteiger partial charge is 0.263 e. The van der Waals surface area contributed by atoms with E-state index in [1.54, 1.807) is 42.5 Å². The van der Waals surface area contributed by atoms with Crippen LogP contribution in [-0.2, 0) is 14.8 Å². The van der Waals surface area contributed by atoms with Crippen molar-refractivity contribution < 1.29 is 13.2 Å². The summed E-state index contributed by atoms with van der Waals surface area (Å²) >= 11 is 0. The van der Waals surface area contributed by atoms with Crippen molar-refractivity contribution in [3.05, 3.63) is 60.8 Å². The Morgan fingerprint density at radius 1 is 1.04 bits per heavy atom. The third-order valence-corrected chi connectivity index (χ3v) is 4.81. The standard InChI is InChI=1S/C17H16N4O3S/c1-12(22)19-14-9-7-13(8-10-14)16-11-18-20-17(16)21-25(23,24)15-5-3-2-4-6-15/h2-11H,1H3,(H,19,22)(H2,18,20,21). The maximum Gasteiger partial charge on any atom is 0.263 e. The van der Waals surface area contributed by atoms with E-state index in [1.165, 1.54) is 25.3 Å². The first-order valence-electron chi connectivity index (χ1n) is 7.45. The van der Waals surface area contributed by atoms with Crippen molar-refractivity contribution in [2.45, 2.75) is 11.8 Å². The van der Waals surface area contributed by atoms with Crippen LogP contribution in [0.4, 0.5) is 11.5 Å². The van der Waals surface area contributed by atoms with Crippen molar-refractivity contribution >= 4 is 27.4 Å². The molecule has 1 aromatic heterocycles. The second-order valence-electron chi connectivity index (χ2n) is 5.34. The number of aromatic amines is 1. The molecule has 7 nitrogen and oxygen atoms in total. The molecule has 0 radical (unpaired) electrons. The highest BCUT2D eigenvalue weighted by Crippen LogP contribution is 2.28. The van der Waals surface area contributed by atoms with Crippen LogP contribution in [0.3, 0.4) is 0 Å². The molecule has 1 amide bonds. The van der Waals surface area contributed by atoms with Gasteiger partial charge >= 0.3 is 0 Å². The first-order chi connectivity index (χ1) is 12.0. The molecule has 0 unspecified atom stereocenters. The van der Waals surface area contributed by atoms with Crippen LogP contribution < -0.4 is 10.0 Å². The number of carbonyl (C=O) groups excluding carboxylic acids is 1. The fourth-order valence-corrected chi connectivity index (χ4v) is 3.37. The van der Waals surface area contributed by atoms with Gasteiger partial charge < -0.3 is 5.32 Å². The molecule has 0 bridgehead atoms. The molecule has 3 rings (SSSR count). The van der Waals surface area contributed by atoms with Gasteiger partial charge in [0.15, 0.2) is 0 Å². The number of benzene rings is 2. The fraction of sp³-hybridized carbons (Fsp3) is 0.0588. The number of hydrogen-bond acceptors (Lipinski definition) is 4. The molecule has 3 aromatic rings. The molecule has 0 spiro atoms. The number of H-pyrrole nitrogens is 1. The number of rotatable bonds is 5. The van der Waals surface area contributed by atoms with Gasteiger partial charge in [-0.15, -0.1) is 0 Å². The molecule has 2 aromatic carbocycles. The summed E-state index contributed by atoms with van der Waals surface area (Å²) < 4.78 is 27.4. The highest BCUT2D eigenvalue weighted by Gasteiger charge is 2.17. The van der Waals surface area contributed by atoms with Crippen LogP contribution in [0.1, 0.15) is 6.92 Å². The molecule has 0 aliphatic rings. The average molecular weight is 356 g/mol. The fourth-order valence-electron chi connectivity index (χ4n) is 2.31. The molecule has 0 saturated carbocycles. The summed E-state index contributed by atoms with van der Waals surface area (Å²) in [5.74, 6) is 0.114. The van der Waals surface area contributed by atoms with Gasteiger partial charge in [0.1, 0.15) is 5.82 Å². The number of carbonyl (C=O) groups is 1. The second kappa shape index (κ2) is 6.78. The monoisotopic (exact) mass is 356 g/mol. The van der Waals surface area contributed by atoms with Crippen LogP contribution >= 0.6 is 0 Å². The molecular formula is C17H16N4O3S. The summed E-state index contributed by atoms with van der Waals surface area (Å²) in [7, 11) is -3.72. The minimum atomic E-state index is -3.72. The Balaban J connectivity index is 1.87. The molecule has 128 valence electrons. The number of amides is 1. The highest BCUT2D eigenvalue weighted by molar-refractivity contribution is 7.92. The lowest BCUT2D eigenvalue weighted by Crippen LogP contribution is -2.13. The van der Waals surface area contributed by atoms with Gasteiger partial charge in [0.25, 0.3) is 10.0 Å². The van der Waals surface area contributed by atoms with E-state index in [9.17, 15) is 13.2 Å². The van der Waals surface area contributed by atoms with Crippen LogP contribution in [0, 0.1) is 0 Å². The van der Waals surface area contributed by atoms with Crippen LogP contribution in [0.5, 0.6) is 0 Å². The van der Waals surface area contributed by atoms with Crippen molar-refractivity contribution in [1.29, 1.82) is 0 Å². The number of hydrogen-bond donors (Lipinski definition) is 3. The number of anilines is 2. The Kier molecular flexibility index (Phi) is 4.53. The minimum absolute atomic E-state index is 0.160. The summed E-state index contributed by atoms with van der Waals surface area (Å²) in [6.45, 7) is 1.43. The number of nitrogens with one attached hydrogen (secondary N) is 3. The summed E-state index contributed by atoms with van der Waals surface area (Å²) in [6, 6.07) is 15.1. The zero-order chi connectivity index (χ0) is 17.9. The molecule has 1 heterocycles. The molecule has 3 N–H and O–H groups in total. The Hall–Kier alpha value is -3.13. The van der Waals surface area contributed by atoms with Gasteiger partial charge in [0, 0.05) is 18.2 Å². The Bertz CT molecular complexity index is 980. The van der Waals surface area contributed by atoms with Gasteiger partial charge in [-0.25, -0.2) is 8.42 Å². The molecule has 0 saturated heterocycles. The Morgan fingerprint density at radius 3 is 2.36 bits per heavy atom. The van der Waals surface area contributed by atoms with Gasteiger partial charge in [0.05, 0.1) is 11.1 Å². The van der Waals surface area contributed by atoms with Crippen molar-refractivity contribution in [3.8, 4) is 11.1 Å². The summed E-state index contributed by atoms with van der Waals surface area (Å²) in [5.41, 5.74) is 2.02. The van der Waals surface area contributed by atoms with Crippen molar-refractivity contribution in [1.82, 2.24) is 10.2 Å². The lowest BCUT2D eigenvalue weighted by atomic mass is 10.1. The average Bonchev–Trinajstić information content (AvgIpc) is 3.03. The zero-order valence-electron chi connectivity index (χ0n) is 13.4. The predicted molar refractivity (Wildman–Crippen MR) is 95.6 cm³/mol. The first-order valence-corrected chi connectivity index (χ1v) is 8.93. The molecule has 0 fully saturated rings. The SMILES string of the molecule is CC(=O)Nc1ccc(-c2cn[nH]c2NS(=O)(=O)c2ccccc2)cc1. The maximum atomic E-state index is 12.5. The van der Waals surface area contributed by atoms with E-state index in [-0.39, 0.29) is 16.6 Å². The number of sulfonamides is 1. The topological polar surface area (TPSA) is 104 Å². The molecular weight excluding hydrogens is 340 g/mol. The molecule has 0 atom stereocenters. The quantitative estimate of drug-likeness (QED) is 0.654. The van der Waals surface area contributed by atoms with Crippen LogP contribution in [0.15, 0.2) is 65.7 Å². The summed E-state index contributed by atoms with van der Waals surface area (Å²) in [6.07, 6.45) is 1.54.